The summed E-state index contributed by atoms with van der Waals surface area (Å²) in [4.78, 5) is 12.8. The Balaban J connectivity index is 1.20. The van der Waals surface area contributed by atoms with Gasteiger partial charge in [-0.05, 0) is 43.2 Å². The molecule has 1 aliphatic heterocycles. The Morgan fingerprint density at radius 2 is 1.70 bits per heavy atom. The molecule has 6 rings (SSSR count). The number of piperidine rings is 1. The fraction of sp³-hybridized carbons (Fsp3) is 0.241. The quantitative estimate of drug-likeness (QED) is 0.232. The third-order valence-electron chi connectivity index (χ3n) is 7.02. The second kappa shape index (κ2) is 10.8. The number of hydrogen-bond acceptors (Lipinski definition) is 8. The van der Waals surface area contributed by atoms with Gasteiger partial charge in [-0.2, -0.15) is 13.2 Å². The maximum Gasteiger partial charge on any atom is 0.391 e. The predicted molar refractivity (Wildman–Crippen MR) is 150 cm³/mol. The van der Waals surface area contributed by atoms with E-state index in [1.165, 1.54) is 0 Å². The molecule has 11 heteroatoms. The summed E-state index contributed by atoms with van der Waals surface area (Å²) in [5.74, 6) is 0.599. The van der Waals surface area contributed by atoms with E-state index in [9.17, 15) is 13.2 Å². The normalized spacial score (nSPS) is 14.6. The first-order valence-corrected chi connectivity index (χ1v) is 13.6. The van der Waals surface area contributed by atoms with Gasteiger partial charge in [-0.3, -0.25) is 4.98 Å². The SMILES string of the molecule is COc1cnc2c(Sc3ccc(Nc4nnc(N5CCC(C(F)(F)F)CC5)c5ccccc45)cc3)ccnc2c1. The lowest BCUT2D eigenvalue weighted by Gasteiger charge is -2.34. The summed E-state index contributed by atoms with van der Waals surface area (Å²) in [6.07, 6.45) is -0.596. The zero-order chi connectivity index (χ0) is 27.7. The number of fused-ring (bicyclic) bond motifs is 2. The third-order valence-corrected chi connectivity index (χ3v) is 8.08. The van der Waals surface area contributed by atoms with Gasteiger partial charge in [0.2, 0.25) is 0 Å². The van der Waals surface area contributed by atoms with Crippen molar-refractivity contribution in [1.82, 2.24) is 20.2 Å². The van der Waals surface area contributed by atoms with Crippen molar-refractivity contribution in [3.05, 3.63) is 73.1 Å². The zero-order valence-electron chi connectivity index (χ0n) is 21.5. The molecule has 2 aromatic carbocycles. The lowest BCUT2D eigenvalue weighted by atomic mass is 9.96. The molecule has 1 saturated heterocycles. The van der Waals surface area contributed by atoms with E-state index in [4.69, 9.17) is 4.74 Å². The van der Waals surface area contributed by atoms with Crippen LogP contribution in [-0.4, -0.2) is 46.5 Å². The van der Waals surface area contributed by atoms with Crippen molar-refractivity contribution in [3.63, 3.8) is 0 Å². The van der Waals surface area contributed by atoms with Crippen molar-refractivity contribution >= 4 is 50.9 Å². The minimum Gasteiger partial charge on any atom is -0.495 e. The van der Waals surface area contributed by atoms with E-state index in [2.05, 4.69) is 25.5 Å². The molecule has 0 aliphatic carbocycles. The number of anilines is 3. The van der Waals surface area contributed by atoms with Gasteiger partial charge < -0.3 is 15.0 Å². The van der Waals surface area contributed by atoms with E-state index >= 15 is 0 Å². The minimum atomic E-state index is -4.15. The maximum absolute atomic E-state index is 13.1. The van der Waals surface area contributed by atoms with Crippen molar-refractivity contribution in [2.75, 3.05) is 30.4 Å². The van der Waals surface area contributed by atoms with E-state index in [1.807, 2.05) is 65.6 Å². The molecule has 4 heterocycles. The van der Waals surface area contributed by atoms with Crippen LogP contribution in [0.3, 0.4) is 0 Å². The highest BCUT2D eigenvalue weighted by Gasteiger charge is 2.41. The Morgan fingerprint density at radius 1 is 0.950 bits per heavy atom. The molecule has 0 bridgehead atoms. The Morgan fingerprint density at radius 3 is 2.42 bits per heavy atom. The summed E-state index contributed by atoms with van der Waals surface area (Å²) in [7, 11) is 1.60. The highest BCUT2D eigenvalue weighted by atomic mass is 32.2. The van der Waals surface area contributed by atoms with Gasteiger partial charge in [-0.25, -0.2) is 4.98 Å². The molecule has 0 radical (unpaired) electrons. The van der Waals surface area contributed by atoms with Crippen molar-refractivity contribution in [1.29, 1.82) is 0 Å². The molecule has 0 atom stereocenters. The van der Waals surface area contributed by atoms with Crippen LogP contribution in [0.25, 0.3) is 21.8 Å². The van der Waals surface area contributed by atoms with E-state index in [0.29, 0.717) is 30.5 Å². The van der Waals surface area contributed by atoms with Crippen LogP contribution in [0.5, 0.6) is 5.75 Å². The van der Waals surface area contributed by atoms with Gasteiger partial charge in [0.15, 0.2) is 11.6 Å². The Kier molecular flexibility index (Phi) is 7.05. The molecule has 0 saturated carbocycles. The fourth-order valence-electron chi connectivity index (χ4n) is 4.89. The Hall–Kier alpha value is -4.12. The van der Waals surface area contributed by atoms with Gasteiger partial charge in [-0.15, -0.1) is 10.2 Å². The molecule has 3 aromatic heterocycles. The van der Waals surface area contributed by atoms with Crippen LogP contribution in [0.15, 0.2) is 82.8 Å². The molecule has 0 spiro atoms. The number of nitrogens with zero attached hydrogens (tertiary/aromatic N) is 5. The molecule has 7 nitrogen and oxygen atoms in total. The smallest absolute Gasteiger partial charge is 0.391 e. The number of methoxy groups -OCH3 is 1. The Bertz CT molecular complexity index is 1660. The van der Waals surface area contributed by atoms with Crippen molar-refractivity contribution in [2.45, 2.75) is 28.8 Å². The van der Waals surface area contributed by atoms with Crippen LogP contribution in [0.1, 0.15) is 12.8 Å². The molecular weight excluding hydrogens is 537 g/mol. The van der Waals surface area contributed by atoms with Gasteiger partial charge in [0, 0.05) is 51.6 Å². The van der Waals surface area contributed by atoms with Crippen LogP contribution in [-0.2, 0) is 0 Å². The maximum atomic E-state index is 13.1. The highest BCUT2D eigenvalue weighted by molar-refractivity contribution is 7.99. The number of aromatic nitrogens is 4. The fourth-order valence-corrected chi connectivity index (χ4v) is 5.79. The number of nitrogens with one attached hydrogen (secondary N) is 1. The first-order chi connectivity index (χ1) is 19.4. The van der Waals surface area contributed by atoms with Crippen molar-refractivity contribution < 1.29 is 17.9 Å². The molecule has 204 valence electrons. The van der Waals surface area contributed by atoms with Gasteiger partial charge in [0.25, 0.3) is 0 Å². The van der Waals surface area contributed by atoms with Crippen molar-refractivity contribution in [2.24, 2.45) is 5.92 Å². The summed E-state index contributed by atoms with van der Waals surface area (Å²) >= 11 is 1.59. The zero-order valence-corrected chi connectivity index (χ0v) is 22.3. The highest BCUT2D eigenvalue weighted by Crippen LogP contribution is 2.38. The number of benzene rings is 2. The van der Waals surface area contributed by atoms with Gasteiger partial charge >= 0.3 is 6.18 Å². The van der Waals surface area contributed by atoms with Crippen LogP contribution in [0.4, 0.5) is 30.5 Å². The summed E-state index contributed by atoms with van der Waals surface area (Å²) in [5, 5.41) is 13.9. The van der Waals surface area contributed by atoms with Crippen molar-refractivity contribution in [3.8, 4) is 5.75 Å². The van der Waals surface area contributed by atoms with Gasteiger partial charge in [0.1, 0.15) is 11.3 Å². The predicted octanol–water partition coefficient (Wildman–Crippen LogP) is 7.26. The molecule has 1 N–H and O–H groups in total. The lowest BCUT2D eigenvalue weighted by molar-refractivity contribution is -0.179. The molecule has 1 fully saturated rings. The van der Waals surface area contributed by atoms with Crippen LogP contribution >= 0.6 is 11.8 Å². The Labute approximate surface area is 232 Å². The monoisotopic (exact) mass is 562 g/mol. The van der Waals surface area contributed by atoms with Gasteiger partial charge in [-0.1, -0.05) is 36.0 Å². The van der Waals surface area contributed by atoms with Crippen LogP contribution in [0, 0.1) is 5.92 Å². The molecule has 1 aliphatic rings. The first kappa shape index (κ1) is 26.1. The van der Waals surface area contributed by atoms with E-state index < -0.39 is 12.1 Å². The molecule has 0 unspecified atom stereocenters. The average molecular weight is 563 g/mol. The average Bonchev–Trinajstić information content (AvgIpc) is 2.98. The number of alkyl halides is 3. The van der Waals surface area contributed by atoms with Crippen LogP contribution in [0.2, 0.25) is 0 Å². The summed E-state index contributed by atoms with van der Waals surface area (Å²) < 4.78 is 44.7. The molecule has 5 aromatic rings. The summed E-state index contributed by atoms with van der Waals surface area (Å²) in [5.41, 5.74) is 2.41. The first-order valence-electron chi connectivity index (χ1n) is 12.8. The number of ether oxygens (including phenoxy) is 1. The third kappa shape index (κ3) is 5.33. The molecular formula is C29H25F3N6OS. The van der Waals surface area contributed by atoms with E-state index in [0.717, 1.165) is 37.3 Å². The van der Waals surface area contributed by atoms with E-state index in [-0.39, 0.29) is 12.8 Å². The molecule has 40 heavy (non-hydrogen) atoms. The lowest BCUT2D eigenvalue weighted by Crippen LogP contribution is -2.39. The number of hydrogen-bond donors (Lipinski definition) is 1. The van der Waals surface area contributed by atoms with Crippen LogP contribution < -0.4 is 15.0 Å². The second-order valence-electron chi connectivity index (χ2n) is 9.52. The largest absolute Gasteiger partial charge is 0.495 e. The molecule has 0 amide bonds. The topological polar surface area (TPSA) is 76.1 Å². The number of rotatable bonds is 6. The standard InChI is InChI=1S/C29H25F3N6OS/c1-39-20-16-24-26(34-17-20)25(10-13-33-24)40-21-8-6-19(7-9-21)35-27-22-4-2-3-5-23(22)28(37-36-27)38-14-11-18(12-15-38)29(30,31)32/h2-10,13,16-18H,11-12,14-15H2,1H3,(H,35,36). The van der Waals surface area contributed by atoms with Gasteiger partial charge in [0.05, 0.1) is 24.7 Å². The number of pyridine rings is 2. The minimum absolute atomic E-state index is 0.0589. The summed E-state index contributed by atoms with van der Waals surface area (Å²) in [6.45, 7) is 0.592. The number of halogens is 3. The summed E-state index contributed by atoms with van der Waals surface area (Å²) in [6, 6.07) is 19.4. The second-order valence-corrected chi connectivity index (χ2v) is 10.6. The van der Waals surface area contributed by atoms with E-state index in [1.54, 1.807) is 31.3 Å².